The highest BCUT2D eigenvalue weighted by atomic mass is 16.3. The lowest BCUT2D eigenvalue weighted by Gasteiger charge is -2.30. The van der Waals surface area contributed by atoms with E-state index in [2.05, 4.69) is 52.7 Å². The van der Waals surface area contributed by atoms with E-state index in [1.54, 1.807) is 0 Å². The summed E-state index contributed by atoms with van der Waals surface area (Å²) in [6.45, 7) is 4.31. The summed E-state index contributed by atoms with van der Waals surface area (Å²) in [5.74, 6) is 2.30. The first-order valence-electron chi connectivity index (χ1n) is 10.9. The van der Waals surface area contributed by atoms with Crippen molar-refractivity contribution in [1.29, 1.82) is 0 Å². The van der Waals surface area contributed by atoms with E-state index in [-0.39, 0.29) is 0 Å². The van der Waals surface area contributed by atoms with Gasteiger partial charge in [0.15, 0.2) is 0 Å². The largest absolute Gasteiger partial charge is 0.389 e. The number of aliphatic hydroxyl groups excluding tert-OH is 1. The van der Waals surface area contributed by atoms with Crippen molar-refractivity contribution in [3.05, 3.63) is 82.5 Å². The van der Waals surface area contributed by atoms with Crippen LogP contribution >= 0.6 is 0 Å². The van der Waals surface area contributed by atoms with Gasteiger partial charge in [0.25, 0.3) is 0 Å². The van der Waals surface area contributed by atoms with Gasteiger partial charge in [-0.3, -0.25) is 0 Å². The Bertz CT molecular complexity index is 1030. The molecule has 1 atom stereocenters. The van der Waals surface area contributed by atoms with Gasteiger partial charge < -0.3 is 15.3 Å². The number of aromatic nitrogens is 2. The van der Waals surface area contributed by atoms with Gasteiger partial charge in [-0.25, -0.2) is 4.98 Å². The lowest BCUT2D eigenvalue weighted by atomic mass is 9.96. The number of benzene rings is 2. The van der Waals surface area contributed by atoms with Gasteiger partial charge in [-0.1, -0.05) is 48.5 Å². The average Bonchev–Trinajstić information content (AvgIpc) is 3.63. The molecule has 2 aliphatic rings. The van der Waals surface area contributed by atoms with Crippen LogP contribution in [0.1, 0.15) is 59.7 Å². The lowest BCUT2D eigenvalue weighted by molar-refractivity contribution is 0.199. The fourth-order valence-electron chi connectivity index (χ4n) is 4.09. The zero-order chi connectivity index (χ0) is 20.5. The van der Waals surface area contributed by atoms with Gasteiger partial charge in [-0.05, 0) is 48.4 Å². The molecule has 2 N–H and O–H groups in total. The van der Waals surface area contributed by atoms with Crippen LogP contribution in [-0.2, 0) is 19.5 Å². The number of nitrogens with zero attached hydrogens (tertiary/aromatic N) is 3. The van der Waals surface area contributed by atoms with Gasteiger partial charge in [0, 0.05) is 31.6 Å². The smallest absolute Gasteiger partial charge is 0.225 e. The summed E-state index contributed by atoms with van der Waals surface area (Å²) in [4.78, 5) is 12.0. The van der Waals surface area contributed by atoms with Gasteiger partial charge in [0.2, 0.25) is 5.95 Å². The molecule has 2 aromatic carbocycles. The Morgan fingerprint density at radius 3 is 2.67 bits per heavy atom. The minimum atomic E-state index is -0.422. The molecular formula is C25H28N4O. The minimum Gasteiger partial charge on any atom is -0.389 e. The van der Waals surface area contributed by atoms with Gasteiger partial charge in [0.1, 0.15) is 5.82 Å². The molecular weight excluding hydrogens is 372 g/mol. The normalized spacial score (nSPS) is 16.8. The molecule has 0 radical (unpaired) electrons. The SMILES string of the molecule is C[C@H](O)c1ccc2c(c1)CCN(c1cc(C3CC3)nc(NCc3ccccc3)n1)C2. The predicted octanol–water partition coefficient (Wildman–Crippen LogP) is 4.58. The lowest BCUT2D eigenvalue weighted by Crippen LogP contribution is -2.31. The van der Waals surface area contributed by atoms with Crippen LogP contribution in [0.2, 0.25) is 0 Å². The van der Waals surface area contributed by atoms with E-state index in [9.17, 15) is 5.11 Å². The van der Waals surface area contributed by atoms with Crippen molar-refractivity contribution < 1.29 is 5.11 Å². The summed E-state index contributed by atoms with van der Waals surface area (Å²) in [6.07, 6.45) is 2.99. The zero-order valence-electron chi connectivity index (χ0n) is 17.4. The first kappa shape index (κ1) is 19.1. The maximum absolute atomic E-state index is 9.87. The van der Waals surface area contributed by atoms with Crippen molar-refractivity contribution in [2.75, 3.05) is 16.8 Å². The van der Waals surface area contributed by atoms with Crippen molar-refractivity contribution in [2.45, 2.75) is 51.3 Å². The fraction of sp³-hybridized carbons (Fsp3) is 0.360. The Kier molecular flexibility index (Phi) is 5.13. The highest BCUT2D eigenvalue weighted by Gasteiger charge is 2.27. The third-order valence-electron chi connectivity index (χ3n) is 6.07. The van der Waals surface area contributed by atoms with Gasteiger partial charge >= 0.3 is 0 Å². The summed E-state index contributed by atoms with van der Waals surface area (Å²) in [5.41, 5.74) is 6.03. The van der Waals surface area contributed by atoms with E-state index in [1.807, 2.05) is 19.1 Å². The monoisotopic (exact) mass is 400 g/mol. The quantitative estimate of drug-likeness (QED) is 0.634. The first-order chi connectivity index (χ1) is 14.7. The summed E-state index contributed by atoms with van der Waals surface area (Å²) < 4.78 is 0. The topological polar surface area (TPSA) is 61.3 Å². The average molecular weight is 401 g/mol. The minimum absolute atomic E-state index is 0.422. The van der Waals surface area contributed by atoms with Gasteiger partial charge in [-0.2, -0.15) is 4.98 Å². The molecule has 3 aromatic rings. The van der Waals surface area contributed by atoms with Crippen LogP contribution in [0.4, 0.5) is 11.8 Å². The summed E-state index contributed by atoms with van der Waals surface area (Å²) >= 11 is 0. The zero-order valence-corrected chi connectivity index (χ0v) is 17.4. The molecule has 154 valence electrons. The van der Waals surface area contributed by atoms with Crippen molar-refractivity contribution in [3.63, 3.8) is 0 Å². The standard InChI is InChI=1S/C25H28N4O/c1-17(30)20-9-10-22-16-29(12-11-21(22)13-20)24-14-23(19-7-8-19)27-25(28-24)26-15-18-5-3-2-4-6-18/h2-6,9-10,13-14,17,19,30H,7-8,11-12,15-16H2,1H3,(H,26,27,28)/t17-/m0/s1. The van der Waals surface area contributed by atoms with E-state index in [4.69, 9.17) is 9.97 Å². The summed E-state index contributed by atoms with van der Waals surface area (Å²) in [5, 5.41) is 13.3. The summed E-state index contributed by atoms with van der Waals surface area (Å²) in [6, 6.07) is 18.9. The number of anilines is 2. The van der Waals surface area contributed by atoms with Crippen LogP contribution in [0, 0.1) is 0 Å². The Morgan fingerprint density at radius 2 is 1.90 bits per heavy atom. The van der Waals surface area contributed by atoms with Crippen molar-refractivity contribution in [3.8, 4) is 0 Å². The van der Waals surface area contributed by atoms with E-state index < -0.39 is 6.10 Å². The van der Waals surface area contributed by atoms with Crippen molar-refractivity contribution in [2.24, 2.45) is 0 Å². The number of fused-ring (bicyclic) bond motifs is 1. The third kappa shape index (κ3) is 4.17. The molecule has 5 nitrogen and oxygen atoms in total. The number of hydrogen-bond donors (Lipinski definition) is 2. The van der Waals surface area contributed by atoms with E-state index in [0.717, 1.165) is 43.1 Å². The number of hydrogen-bond acceptors (Lipinski definition) is 5. The highest BCUT2D eigenvalue weighted by Crippen LogP contribution is 2.40. The first-order valence-corrected chi connectivity index (χ1v) is 10.9. The van der Waals surface area contributed by atoms with Crippen LogP contribution in [0.25, 0.3) is 0 Å². The van der Waals surface area contributed by atoms with Crippen LogP contribution in [0.5, 0.6) is 0 Å². The molecule has 2 heterocycles. The van der Waals surface area contributed by atoms with Crippen molar-refractivity contribution in [1.82, 2.24) is 9.97 Å². The van der Waals surface area contributed by atoms with Crippen LogP contribution in [0.15, 0.2) is 54.6 Å². The van der Waals surface area contributed by atoms with E-state index in [0.29, 0.717) is 11.9 Å². The third-order valence-corrected chi connectivity index (χ3v) is 6.07. The highest BCUT2D eigenvalue weighted by molar-refractivity contribution is 5.50. The molecule has 30 heavy (non-hydrogen) atoms. The fourth-order valence-corrected chi connectivity index (χ4v) is 4.09. The maximum Gasteiger partial charge on any atom is 0.225 e. The molecule has 1 saturated carbocycles. The number of nitrogens with one attached hydrogen (secondary N) is 1. The van der Waals surface area contributed by atoms with Crippen LogP contribution in [0.3, 0.4) is 0 Å². The second kappa shape index (κ2) is 8.07. The molecule has 1 fully saturated rings. The van der Waals surface area contributed by atoms with Crippen molar-refractivity contribution >= 4 is 11.8 Å². The number of rotatable bonds is 6. The molecule has 1 aliphatic heterocycles. The van der Waals surface area contributed by atoms with Crippen LogP contribution in [-0.4, -0.2) is 21.6 Å². The molecule has 0 unspecified atom stereocenters. The molecule has 0 saturated heterocycles. The Morgan fingerprint density at radius 1 is 1.07 bits per heavy atom. The molecule has 0 amide bonds. The Labute approximate surface area is 177 Å². The number of aliphatic hydroxyl groups is 1. The Balaban J connectivity index is 1.37. The maximum atomic E-state index is 9.87. The van der Waals surface area contributed by atoms with E-state index >= 15 is 0 Å². The van der Waals surface area contributed by atoms with E-state index in [1.165, 1.54) is 29.5 Å². The summed E-state index contributed by atoms with van der Waals surface area (Å²) in [7, 11) is 0. The second-order valence-electron chi connectivity index (χ2n) is 8.46. The van der Waals surface area contributed by atoms with Gasteiger partial charge in [-0.15, -0.1) is 0 Å². The second-order valence-corrected chi connectivity index (χ2v) is 8.46. The molecule has 0 spiro atoms. The van der Waals surface area contributed by atoms with Crippen LogP contribution < -0.4 is 10.2 Å². The molecule has 1 aromatic heterocycles. The molecule has 0 bridgehead atoms. The molecule has 1 aliphatic carbocycles. The predicted molar refractivity (Wildman–Crippen MR) is 120 cm³/mol. The van der Waals surface area contributed by atoms with Gasteiger partial charge in [0.05, 0.1) is 11.8 Å². The Hall–Kier alpha value is -2.92. The molecule has 5 rings (SSSR count). The molecule has 5 heteroatoms.